The van der Waals surface area contributed by atoms with Gasteiger partial charge in [-0.2, -0.15) is 0 Å². The van der Waals surface area contributed by atoms with Crippen LogP contribution in [0.15, 0.2) is 53.8 Å². The van der Waals surface area contributed by atoms with Crippen molar-refractivity contribution in [2.24, 2.45) is 0 Å². The van der Waals surface area contributed by atoms with Crippen LogP contribution in [0.25, 0.3) is 5.65 Å². The number of hydrogen-bond donors (Lipinski definition) is 0. The third-order valence-corrected chi connectivity index (χ3v) is 3.64. The van der Waals surface area contributed by atoms with Crippen LogP contribution in [0.1, 0.15) is 15.9 Å². The SMILES string of the molecule is Cc1ccc(C(=O)Sc2nnc3ccccn23)cc1. The van der Waals surface area contributed by atoms with Gasteiger partial charge in [0.25, 0.3) is 0 Å². The molecular formula is C14H11N3OS. The number of nitrogens with zero attached hydrogens (tertiary/aromatic N) is 3. The molecular weight excluding hydrogens is 258 g/mol. The number of aromatic nitrogens is 3. The summed E-state index contributed by atoms with van der Waals surface area (Å²) in [5.74, 6) is 0. The predicted octanol–water partition coefficient (Wildman–Crippen LogP) is 2.97. The van der Waals surface area contributed by atoms with Gasteiger partial charge in [0, 0.05) is 11.8 Å². The molecule has 3 rings (SSSR count). The second-order valence-electron chi connectivity index (χ2n) is 4.17. The summed E-state index contributed by atoms with van der Waals surface area (Å²) in [7, 11) is 0. The van der Waals surface area contributed by atoms with Crippen LogP contribution in [0.3, 0.4) is 0 Å². The first-order valence-corrected chi connectivity index (χ1v) is 6.64. The molecule has 0 saturated heterocycles. The topological polar surface area (TPSA) is 47.3 Å². The lowest BCUT2D eigenvalue weighted by Gasteiger charge is -2.00. The fraction of sp³-hybridized carbons (Fsp3) is 0.0714. The molecule has 0 spiro atoms. The van der Waals surface area contributed by atoms with Crippen molar-refractivity contribution in [3.05, 3.63) is 59.8 Å². The van der Waals surface area contributed by atoms with Crippen molar-refractivity contribution in [2.75, 3.05) is 0 Å². The molecule has 94 valence electrons. The second-order valence-corrected chi connectivity index (χ2v) is 5.11. The van der Waals surface area contributed by atoms with E-state index in [1.165, 1.54) is 0 Å². The zero-order valence-electron chi connectivity index (χ0n) is 10.3. The van der Waals surface area contributed by atoms with Crippen LogP contribution in [-0.2, 0) is 0 Å². The van der Waals surface area contributed by atoms with Crippen LogP contribution < -0.4 is 0 Å². The number of rotatable bonds is 2. The summed E-state index contributed by atoms with van der Waals surface area (Å²) in [6.45, 7) is 1.99. The molecule has 1 aromatic carbocycles. The van der Waals surface area contributed by atoms with E-state index in [0.717, 1.165) is 23.0 Å². The van der Waals surface area contributed by atoms with E-state index in [1.807, 2.05) is 55.6 Å². The first kappa shape index (κ1) is 11.9. The van der Waals surface area contributed by atoms with Crippen LogP contribution >= 0.6 is 11.8 Å². The van der Waals surface area contributed by atoms with Gasteiger partial charge in [0.2, 0.25) is 10.3 Å². The molecule has 0 N–H and O–H groups in total. The summed E-state index contributed by atoms with van der Waals surface area (Å²) in [6.07, 6.45) is 1.85. The van der Waals surface area contributed by atoms with Gasteiger partial charge in [0.05, 0.1) is 0 Å². The third kappa shape index (κ3) is 2.37. The van der Waals surface area contributed by atoms with E-state index in [9.17, 15) is 4.79 Å². The number of thioether (sulfide) groups is 1. The number of carbonyl (C=O) groups is 1. The Bertz CT molecular complexity index is 734. The van der Waals surface area contributed by atoms with Crippen LogP contribution in [0.5, 0.6) is 0 Å². The summed E-state index contributed by atoms with van der Waals surface area (Å²) in [5.41, 5.74) is 2.54. The molecule has 4 nitrogen and oxygen atoms in total. The summed E-state index contributed by atoms with van der Waals surface area (Å²) < 4.78 is 1.80. The monoisotopic (exact) mass is 269 g/mol. The van der Waals surface area contributed by atoms with Crippen LogP contribution in [0, 0.1) is 6.92 Å². The van der Waals surface area contributed by atoms with Gasteiger partial charge in [-0.25, -0.2) is 0 Å². The van der Waals surface area contributed by atoms with Crippen molar-refractivity contribution < 1.29 is 4.79 Å². The largest absolute Gasteiger partial charge is 0.281 e. The third-order valence-electron chi connectivity index (χ3n) is 2.75. The van der Waals surface area contributed by atoms with E-state index >= 15 is 0 Å². The van der Waals surface area contributed by atoms with Crippen molar-refractivity contribution in [1.29, 1.82) is 0 Å². The highest BCUT2D eigenvalue weighted by atomic mass is 32.2. The van der Waals surface area contributed by atoms with Crippen molar-refractivity contribution in [2.45, 2.75) is 12.1 Å². The molecule has 2 aromatic heterocycles. The van der Waals surface area contributed by atoms with E-state index < -0.39 is 0 Å². The Balaban J connectivity index is 1.89. The number of pyridine rings is 1. The summed E-state index contributed by atoms with van der Waals surface area (Å²) in [6, 6.07) is 13.1. The van der Waals surface area contributed by atoms with Gasteiger partial charge in [0.1, 0.15) is 0 Å². The molecule has 0 fully saturated rings. The van der Waals surface area contributed by atoms with Gasteiger partial charge >= 0.3 is 0 Å². The summed E-state index contributed by atoms with van der Waals surface area (Å²) >= 11 is 1.09. The second kappa shape index (κ2) is 4.85. The molecule has 0 aliphatic rings. The van der Waals surface area contributed by atoms with Gasteiger partial charge in [-0.05, 0) is 30.8 Å². The number of benzene rings is 1. The van der Waals surface area contributed by atoms with Crippen LogP contribution in [-0.4, -0.2) is 19.7 Å². The number of hydrogen-bond acceptors (Lipinski definition) is 4. The Morgan fingerprint density at radius 3 is 2.68 bits per heavy atom. The first-order valence-electron chi connectivity index (χ1n) is 5.83. The van der Waals surface area contributed by atoms with E-state index in [4.69, 9.17) is 0 Å². The quantitative estimate of drug-likeness (QED) is 0.671. The van der Waals surface area contributed by atoms with Gasteiger partial charge in [-0.1, -0.05) is 35.9 Å². The van der Waals surface area contributed by atoms with Crippen molar-refractivity contribution >= 4 is 22.5 Å². The molecule has 0 aliphatic carbocycles. The van der Waals surface area contributed by atoms with E-state index in [2.05, 4.69) is 10.2 Å². The van der Waals surface area contributed by atoms with Gasteiger partial charge in [0.15, 0.2) is 5.65 Å². The minimum atomic E-state index is -0.0295. The fourth-order valence-electron chi connectivity index (χ4n) is 1.72. The Hall–Kier alpha value is -2.14. The normalized spacial score (nSPS) is 10.8. The molecule has 19 heavy (non-hydrogen) atoms. The standard InChI is InChI=1S/C14H11N3OS/c1-10-5-7-11(8-6-10)13(18)19-14-16-15-12-4-2-3-9-17(12)14/h2-9H,1H3. The lowest BCUT2D eigenvalue weighted by Crippen LogP contribution is -1.96. The number of aryl methyl sites for hydroxylation is 1. The van der Waals surface area contributed by atoms with Gasteiger partial charge in [-0.3, -0.25) is 9.20 Å². The van der Waals surface area contributed by atoms with Crippen molar-refractivity contribution in [1.82, 2.24) is 14.6 Å². The molecule has 0 radical (unpaired) electrons. The fourth-order valence-corrected chi connectivity index (χ4v) is 2.47. The lowest BCUT2D eigenvalue weighted by molar-refractivity contribution is 0.108. The highest BCUT2D eigenvalue weighted by molar-refractivity contribution is 8.14. The first-order chi connectivity index (χ1) is 9.24. The minimum Gasteiger partial charge on any atom is -0.281 e. The van der Waals surface area contributed by atoms with E-state index in [-0.39, 0.29) is 5.12 Å². The average molecular weight is 269 g/mol. The molecule has 0 amide bonds. The molecule has 0 bridgehead atoms. The average Bonchev–Trinajstić information content (AvgIpc) is 2.83. The predicted molar refractivity (Wildman–Crippen MR) is 74.4 cm³/mol. The zero-order valence-corrected chi connectivity index (χ0v) is 11.1. The maximum Gasteiger partial charge on any atom is 0.227 e. The van der Waals surface area contributed by atoms with Crippen molar-refractivity contribution in [3.63, 3.8) is 0 Å². The Kier molecular flexibility index (Phi) is 3.05. The summed E-state index contributed by atoms with van der Waals surface area (Å²) in [4.78, 5) is 12.1. The molecule has 3 aromatic rings. The molecule has 0 unspecified atom stereocenters. The molecule has 5 heteroatoms. The van der Waals surface area contributed by atoms with Crippen molar-refractivity contribution in [3.8, 4) is 0 Å². The molecule has 0 saturated carbocycles. The number of fused-ring (bicyclic) bond motifs is 1. The maximum atomic E-state index is 12.1. The molecule has 0 atom stereocenters. The van der Waals surface area contributed by atoms with Gasteiger partial charge in [-0.15, -0.1) is 10.2 Å². The Morgan fingerprint density at radius 1 is 1.11 bits per heavy atom. The Labute approximate surface area is 114 Å². The smallest absolute Gasteiger partial charge is 0.227 e. The summed E-state index contributed by atoms with van der Waals surface area (Å²) in [5, 5.41) is 8.61. The highest BCUT2D eigenvalue weighted by Crippen LogP contribution is 2.21. The maximum absolute atomic E-state index is 12.1. The molecule has 2 heterocycles. The number of carbonyl (C=O) groups excluding carboxylic acids is 1. The van der Waals surface area contributed by atoms with E-state index in [0.29, 0.717) is 10.7 Å². The van der Waals surface area contributed by atoms with E-state index in [1.54, 1.807) is 4.40 Å². The lowest BCUT2D eigenvalue weighted by atomic mass is 10.2. The van der Waals surface area contributed by atoms with Crippen LogP contribution in [0.2, 0.25) is 0 Å². The Morgan fingerprint density at radius 2 is 1.89 bits per heavy atom. The zero-order chi connectivity index (χ0) is 13.2. The van der Waals surface area contributed by atoms with Crippen LogP contribution in [0.4, 0.5) is 0 Å². The highest BCUT2D eigenvalue weighted by Gasteiger charge is 2.12. The molecule has 0 aliphatic heterocycles. The minimum absolute atomic E-state index is 0.0295. The van der Waals surface area contributed by atoms with Gasteiger partial charge < -0.3 is 0 Å².